The van der Waals surface area contributed by atoms with E-state index in [0.29, 0.717) is 6.61 Å². The number of esters is 1. The van der Waals surface area contributed by atoms with E-state index in [0.717, 1.165) is 31.5 Å². The number of aromatic nitrogens is 2. The van der Waals surface area contributed by atoms with Crippen molar-refractivity contribution in [1.29, 1.82) is 0 Å². The van der Waals surface area contributed by atoms with Crippen molar-refractivity contribution in [2.75, 3.05) is 6.61 Å². The third-order valence-corrected chi connectivity index (χ3v) is 6.55. The second-order valence-electron chi connectivity index (χ2n) is 5.89. The van der Waals surface area contributed by atoms with Gasteiger partial charge in [0.05, 0.1) is 28.8 Å². The fourth-order valence-corrected chi connectivity index (χ4v) is 5.29. The van der Waals surface area contributed by atoms with Crippen molar-refractivity contribution in [2.24, 2.45) is 0 Å². The maximum atomic E-state index is 12.0. The molecule has 0 N–H and O–H groups in total. The molecule has 0 saturated heterocycles. The van der Waals surface area contributed by atoms with E-state index in [2.05, 4.69) is 23.5 Å². The minimum Gasteiger partial charge on any atom is -0.466 e. The Morgan fingerprint density at radius 2 is 2.04 bits per heavy atom. The van der Waals surface area contributed by atoms with Gasteiger partial charge in [-0.1, -0.05) is 30.0 Å². The summed E-state index contributed by atoms with van der Waals surface area (Å²) in [5.74, 6) is -0.199. The Balaban J connectivity index is 1.76. The molecule has 0 amide bonds. The predicted octanol–water partition coefficient (Wildman–Crippen LogP) is 5.11. The lowest BCUT2D eigenvalue weighted by Gasteiger charge is -2.04. The molecule has 0 atom stereocenters. The first-order valence-electron chi connectivity index (χ1n) is 8.45. The molecular weight excluding hydrogens is 364 g/mol. The zero-order chi connectivity index (χ0) is 18.1. The van der Waals surface area contributed by atoms with Gasteiger partial charge in [0.2, 0.25) is 0 Å². The van der Waals surface area contributed by atoms with Crippen LogP contribution in [0.15, 0.2) is 57.9 Å². The molecule has 132 valence electrons. The van der Waals surface area contributed by atoms with Gasteiger partial charge in [-0.25, -0.2) is 4.98 Å². The number of ether oxygens (including phenoxy) is 1. The predicted molar refractivity (Wildman–Crippen MR) is 106 cm³/mol. The standard InChI is InChI=1S/C20H18N2O2S2/c1-3-24-18(23)12-16-13(2)19(15-9-6-7-11-22(15)16)26-20-21-14-8-4-5-10-17(14)25-20/h4-11H,3,12H2,1-2H3. The summed E-state index contributed by atoms with van der Waals surface area (Å²) in [6.45, 7) is 4.29. The van der Waals surface area contributed by atoms with Crippen LogP contribution in [0.2, 0.25) is 0 Å². The van der Waals surface area contributed by atoms with Crippen molar-refractivity contribution < 1.29 is 9.53 Å². The summed E-state index contributed by atoms with van der Waals surface area (Å²) in [7, 11) is 0. The maximum Gasteiger partial charge on any atom is 0.311 e. The first kappa shape index (κ1) is 17.1. The van der Waals surface area contributed by atoms with Crippen LogP contribution in [0.4, 0.5) is 0 Å². The fourth-order valence-electron chi connectivity index (χ4n) is 3.04. The van der Waals surface area contributed by atoms with E-state index in [-0.39, 0.29) is 12.4 Å². The Morgan fingerprint density at radius 3 is 2.85 bits per heavy atom. The lowest BCUT2D eigenvalue weighted by atomic mass is 10.2. The summed E-state index contributed by atoms with van der Waals surface area (Å²) in [6, 6.07) is 14.2. The number of nitrogens with zero attached hydrogens (tertiary/aromatic N) is 2. The van der Waals surface area contributed by atoms with Crippen LogP contribution in [0.5, 0.6) is 0 Å². The molecule has 4 aromatic rings. The Labute approximate surface area is 159 Å². The molecule has 0 aliphatic carbocycles. The number of hydrogen-bond donors (Lipinski definition) is 0. The molecule has 0 aliphatic rings. The van der Waals surface area contributed by atoms with Gasteiger partial charge >= 0.3 is 5.97 Å². The van der Waals surface area contributed by atoms with E-state index in [4.69, 9.17) is 9.72 Å². The minimum absolute atomic E-state index is 0.199. The van der Waals surface area contributed by atoms with Crippen molar-refractivity contribution in [1.82, 2.24) is 9.38 Å². The van der Waals surface area contributed by atoms with Crippen LogP contribution in [0.1, 0.15) is 18.2 Å². The topological polar surface area (TPSA) is 43.6 Å². The smallest absolute Gasteiger partial charge is 0.311 e. The molecule has 4 nitrogen and oxygen atoms in total. The van der Waals surface area contributed by atoms with Gasteiger partial charge < -0.3 is 9.14 Å². The van der Waals surface area contributed by atoms with Crippen molar-refractivity contribution in [3.05, 3.63) is 59.9 Å². The van der Waals surface area contributed by atoms with E-state index in [1.165, 1.54) is 4.70 Å². The fraction of sp³-hybridized carbons (Fsp3) is 0.200. The summed E-state index contributed by atoms with van der Waals surface area (Å²) < 4.78 is 9.42. The van der Waals surface area contributed by atoms with E-state index in [1.807, 2.05) is 43.5 Å². The third-order valence-electron chi connectivity index (χ3n) is 4.24. The van der Waals surface area contributed by atoms with Crippen molar-refractivity contribution in [3.8, 4) is 0 Å². The van der Waals surface area contributed by atoms with Crippen molar-refractivity contribution >= 4 is 44.8 Å². The molecule has 26 heavy (non-hydrogen) atoms. The monoisotopic (exact) mass is 382 g/mol. The van der Waals surface area contributed by atoms with Crippen LogP contribution in [-0.2, 0) is 16.0 Å². The molecular formula is C20H18N2O2S2. The van der Waals surface area contributed by atoms with Gasteiger partial charge in [-0.15, -0.1) is 11.3 Å². The number of thiazole rings is 1. The normalized spacial score (nSPS) is 11.3. The first-order valence-corrected chi connectivity index (χ1v) is 10.1. The second kappa shape index (κ2) is 7.13. The number of rotatable bonds is 5. The number of fused-ring (bicyclic) bond motifs is 2. The molecule has 0 bridgehead atoms. The summed E-state index contributed by atoms with van der Waals surface area (Å²) in [5.41, 5.74) is 4.19. The molecule has 4 rings (SSSR count). The summed E-state index contributed by atoms with van der Waals surface area (Å²) in [5, 5.41) is 0. The highest BCUT2D eigenvalue weighted by Gasteiger charge is 2.19. The molecule has 0 fully saturated rings. The van der Waals surface area contributed by atoms with Gasteiger partial charge in [-0.3, -0.25) is 4.79 Å². The van der Waals surface area contributed by atoms with Gasteiger partial charge in [-0.2, -0.15) is 0 Å². The van der Waals surface area contributed by atoms with Gasteiger partial charge in [0.1, 0.15) is 0 Å². The summed E-state index contributed by atoms with van der Waals surface area (Å²) >= 11 is 3.36. The van der Waals surface area contributed by atoms with E-state index in [1.54, 1.807) is 23.1 Å². The molecule has 0 spiro atoms. The quantitative estimate of drug-likeness (QED) is 0.450. The van der Waals surface area contributed by atoms with Crippen LogP contribution in [0.3, 0.4) is 0 Å². The average molecular weight is 383 g/mol. The molecule has 0 aliphatic heterocycles. The van der Waals surface area contributed by atoms with Gasteiger partial charge in [-0.05, 0) is 43.7 Å². The average Bonchev–Trinajstić information content (AvgIpc) is 3.16. The van der Waals surface area contributed by atoms with Crippen LogP contribution < -0.4 is 0 Å². The van der Waals surface area contributed by atoms with Crippen LogP contribution in [0, 0.1) is 6.92 Å². The molecule has 6 heteroatoms. The zero-order valence-electron chi connectivity index (χ0n) is 14.6. The lowest BCUT2D eigenvalue weighted by molar-refractivity contribution is -0.142. The summed E-state index contributed by atoms with van der Waals surface area (Å²) in [6.07, 6.45) is 2.27. The molecule has 3 heterocycles. The number of benzene rings is 1. The first-order chi connectivity index (χ1) is 12.7. The number of pyridine rings is 1. The largest absolute Gasteiger partial charge is 0.466 e. The van der Waals surface area contributed by atoms with Gasteiger partial charge in [0.25, 0.3) is 0 Å². The second-order valence-corrected chi connectivity index (χ2v) is 8.18. The van der Waals surface area contributed by atoms with E-state index < -0.39 is 0 Å². The highest BCUT2D eigenvalue weighted by Crippen LogP contribution is 2.40. The molecule has 0 radical (unpaired) electrons. The van der Waals surface area contributed by atoms with Gasteiger partial charge in [0.15, 0.2) is 4.34 Å². The maximum absolute atomic E-state index is 12.0. The Bertz CT molecular complexity index is 1060. The number of para-hydroxylation sites is 1. The van der Waals surface area contributed by atoms with Gasteiger partial charge in [0, 0.05) is 16.8 Å². The highest BCUT2D eigenvalue weighted by atomic mass is 32.2. The molecule has 3 aromatic heterocycles. The summed E-state index contributed by atoms with van der Waals surface area (Å²) in [4.78, 5) is 17.9. The van der Waals surface area contributed by atoms with Crippen LogP contribution in [0.25, 0.3) is 15.7 Å². The lowest BCUT2D eigenvalue weighted by Crippen LogP contribution is -2.10. The van der Waals surface area contributed by atoms with Crippen LogP contribution >= 0.6 is 23.1 Å². The molecule has 1 aromatic carbocycles. The highest BCUT2D eigenvalue weighted by molar-refractivity contribution is 8.01. The minimum atomic E-state index is -0.199. The number of hydrogen-bond acceptors (Lipinski definition) is 5. The number of carbonyl (C=O) groups excluding carboxylic acids is 1. The molecule has 0 saturated carbocycles. The van der Waals surface area contributed by atoms with Crippen molar-refractivity contribution in [2.45, 2.75) is 29.5 Å². The SMILES string of the molecule is CCOC(=O)Cc1c(C)c(Sc2nc3ccccc3s2)c2ccccn12. The Morgan fingerprint density at radius 1 is 1.23 bits per heavy atom. The third kappa shape index (κ3) is 3.10. The molecule has 0 unspecified atom stereocenters. The Hall–Kier alpha value is -2.31. The van der Waals surface area contributed by atoms with E-state index in [9.17, 15) is 4.79 Å². The van der Waals surface area contributed by atoms with Crippen molar-refractivity contribution in [3.63, 3.8) is 0 Å². The van der Waals surface area contributed by atoms with E-state index >= 15 is 0 Å². The zero-order valence-corrected chi connectivity index (χ0v) is 16.2. The Kier molecular flexibility index (Phi) is 4.70. The van der Waals surface area contributed by atoms with Crippen LogP contribution in [-0.4, -0.2) is 22.0 Å². The number of carbonyl (C=O) groups is 1.